The predicted molar refractivity (Wildman–Crippen MR) is 99.7 cm³/mol. The molecule has 0 saturated heterocycles. The van der Waals surface area contributed by atoms with Gasteiger partial charge in [-0.3, -0.25) is 15.1 Å². The number of rotatable bonds is 7. The minimum absolute atomic E-state index is 0.00185. The van der Waals surface area contributed by atoms with Gasteiger partial charge in [0, 0.05) is 12.3 Å². The van der Waals surface area contributed by atoms with E-state index in [1.54, 1.807) is 24.4 Å². The van der Waals surface area contributed by atoms with Crippen LogP contribution < -0.4 is 9.47 Å². The molecular formula is C20H20N2O4. The maximum Gasteiger partial charge on any atom is 0.279 e. The van der Waals surface area contributed by atoms with Gasteiger partial charge in [0.2, 0.25) is 6.79 Å². The minimum atomic E-state index is -0.427. The summed E-state index contributed by atoms with van der Waals surface area (Å²) in [6, 6.07) is 14.2. The molecular weight excluding hydrogens is 332 g/mol. The third kappa shape index (κ3) is 3.74. The molecule has 26 heavy (non-hydrogen) atoms. The number of nitro groups is 1. The van der Waals surface area contributed by atoms with Gasteiger partial charge < -0.3 is 9.47 Å². The molecule has 1 aromatic heterocycles. The summed E-state index contributed by atoms with van der Waals surface area (Å²) in [5, 5.41) is 11.6. The van der Waals surface area contributed by atoms with Gasteiger partial charge in [0.05, 0.1) is 10.3 Å². The number of hydrogen-bond donors (Lipinski definition) is 0. The van der Waals surface area contributed by atoms with Crippen molar-refractivity contribution in [2.75, 3.05) is 6.79 Å². The molecule has 0 saturated carbocycles. The largest absolute Gasteiger partial charge is 0.458 e. The molecule has 1 atom stereocenters. The van der Waals surface area contributed by atoms with E-state index in [2.05, 4.69) is 18.8 Å². The number of pyridine rings is 1. The second-order valence-corrected chi connectivity index (χ2v) is 6.02. The Bertz CT molecular complexity index is 909. The van der Waals surface area contributed by atoms with Gasteiger partial charge in [0.25, 0.3) is 5.69 Å². The lowest BCUT2D eigenvalue weighted by Gasteiger charge is -2.12. The molecule has 0 spiro atoms. The Labute approximate surface area is 151 Å². The molecule has 6 heteroatoms. The van der Waals surface area contributed by atoms with Crippen LogP contribution in [0.4, 0.5) is 5.69 Å². The van der Waals surface area contributed by atoms with Gasteiger partial charge in [0.1, 0.15) is 17.0 Å². The molecule has 0 bridgehead atoms. The highest BCUT2D eigenvalue weighted by molar-refractivity contribution is 5.92. The second-order valence-electron chi connectivity index (χ2n) is 6.02. The molecule has 1 unspecified atom stereocenters. The van der Waals surface area contributed by atoms with Crippen LogP contribution in [0, 0.1) is 10.1 Å². The van der Waals surface area contributed by atoms with E-state index in [0.717, 1.165) is 6.42 Å². The summed E-state index contributed by atoms with van der Waals surface area (Å²) in [5.41, 5.74) is 1.71. The first-order valence-electron chi connectivity index (χ1n) is 8.47. The smallest absolute Gasteiger partial charge is 0.279 e. The van der Waals surface area contributed by atoms with Gasteiger partial charge in [-0.05, 0) is 48.2 Å². The van der Waals surface area contributed by atoms with E-state index in [0.29, 0.717) is 28.3 Å². The summed E-state index contributed by atoms with van der Waals surface area (Å²) < 4.78 is 11.3. The quantitative estimate of drug-likeness (QED) is 0.337. The second kappa shape index (κ2) is 7.82. The molecule has 1 heterocycles. The summed E-state index contributed by atoms with van der Waals surface area (Å²) >= 11 is 0. The van der Waals surface area contributed by atoms with Crippen molar-refractivity contribution in [3.05, 3.63) is 70.4 Å². The minimum Gasteiger partial charge on any atom is -0.458 e. The molecule has 6 nitrogen and oxygen atoms in total. The third-order valence-electron chi connectivity index (χ3n) is 4.41. The topological polar surface area (TPSA) is 74.5 Å². The van der Waals surface area contributed by atoms with E-state index < -0.39 is 4.92 Å². The molecule has 0 fully saturated rings. The Morgan fingerprint density at radius 1 is 1.12 bits per heavy atom. The maximum atomic E-state index is 11.1. The van der Waals surface area contributed by atoms with Gasteiger partial charge in [-0.2, -0.15) is 0 Å². The van der Waals surface area contributed by atoms with Crippen molar-refractivity contribution in [1.82, 2.24) is 4.98 Å². The Balaban J connectivity index is 1.70. The first-order chi connectivity index (χ1) is 12.6. The molecule has 3 aromatic rings. The van der Waals surface area contributed by atoms with Crippen LogP contribution in [-0.2, 0) is 0 Å². The highest BCUT2D eigenvalue weighted by Gasteiger charge is 2.15. The lowest BCUT2D eigenvalue weighted by molar-refractivity contribution is -0.383. The van der Waals surface area contributed by atoms with Gasteiger partial charge in [-0.1, -0.05) is 26.0 Å². The fourth-order valence-corrected chi connectivity index (χ4v) is 2.70. The number of fused-ring (bicyclic) bond motifs is 1. The van der Waals surface area contributed by atoms with Crippen LogP contribution >= 0.6 is 0 Å². The molecule has 0 aliphatic carbocycles. The maximum absolute atomic E-state index is 11.1. The number of non-ortho nitro benzene ring substituents is 1. The summed E-state index contributed by atoms with van der Waals surface area (Å²) in [5.74, 6) is 1.66. The fraction of sp³-hybridized carbons (Fsp3) is 0.250. The van der Waals surface area contributed by atoms with E-state index in [9.17, 15) is 10.1 Å². The molecule has 2 aromatic carbocycles. The SMILES string of the molecule is CCC(C)c1ccc(OCOc2ccc([N+](=O)[O-])c3cccnc23)cc1. The number of nitro benzene ring substituents is 1. The van der Waals surface area contributed by atoms with Crippen LogP contribution in [0.25, 0.3) is 10.9 Å². The van der Waals surface area contributed by atoms with Crippen LogP contribution in [0.5, 0.6) is 11.5 Å². The summed E-state index contributed by atoms with van der Waals surface area (Å²) in [6.07, 6.45) is 2.66. The van der Waals surface area contributed by atoms with E-state index in [4.69, 9.17) is 9.47 Å². The molecule has 0 aliphatic heterocycles. The Morgan fingerprint density at radius 3 is 2.58 bits per heavy atom. The molecule has 0 aliphatic rings. The number of nitrogens with zero attached hydrogens (tertiary/aromatic N) is 2. The van der Waals surface area contributed by atoms with Crippen molar-refractivity contribution < 1.29 is 14.4 Å². The summed E-state index contributed by atoms with van der Waals surface area (Å²) in [7, 11) is 0. The predicted octanol–water partition coefficient (Wildman–Crippen LogP) is 5.07. The molecule has 134 valence electrons. The van der Waals surface area contributed by atoms with E-state index in [1.165, 1.54) is 11.6 Å². The number of hydrogen-bond acceptors (Lipinski definition) is 5. The van der Waals surface area contributed by atoms with Crippen LogP contribution in [0.1, 0.15) is 31.7 Å². The Kier molecular flexibility index (Phi) is 5.31. The molecule has 0 radical (unpaired) electrons. The van der Waals surface area contributed by atoms with Crippen molar-refractivity contribution in [2.45, 2.75) is 26.2 Å². The zero-order chi connectivity index (χ0) is 18.5. The van der Waals surface area contributed by atoms with Crippen LogP contribution in [0.15, 0.2) is 54.7 Å². The van der Waals surface area contributed by atoms with Gasteiger partial charge >= 0.3 is 0 Å². The summed E-state index contributed by atoms with van der Waals surface area (Å²) in [4.78, 5) is 14.9. The van der Waals surface area contributed by atoms with Crippen LogP contribution in [0.2, 0.25) is 0 Å². The van der Waals surface area contributed by atoms with Crippen molar-refractivity contribution in [2.24, 2.45) is 0 Å². The normalized spacial score (nSPS) is 11.9. The van der Waals surface area contributed by atoms with E-state index in [-0.39, 0.29) is 12.5 Å². The Morgan fingerprint density at radius 2 is 1.88 bits per heavy atom. The van der Waals surface area contributed by atoms with Gasteiger partial charge in [-0.15, -0.1) is 0 Å². The van der Waals surface area contributed by atoms with E-state index in [1.807, 2.05) is 24.3 Å². The Hall–Kier alpha value is -3.15. The monoisotopic (exact) mass is 352 g/mol. The average Bonchev–Trinajstić information content (AvgIpc) is 2.67. The van der Waals surface area contributed by atoms with Crippen molar-refractivity contribution in [1.29, 1.82) is 0 Å². The number of ether oxygens (including phenoxy) is 2. The zero-order valence-corrected chi connectivity index (χ0v) is 14.7. The fourth-order valence-electron chi connectivity index (χ4n) is 2.70. The first kappa shape index (κ1) is 17.7. The number of benzene rings is 2. The van der Waals surface area contributed by atoms with Crippen molar-refractivity contribution in [3.8, 4) is 11.5 Å². The van der Waals surface area contributed by atoms with Crippen molar-refractivity contribution >= 4 is 16.6 Å². The zero-order valence-electron chi connectivity index (χ0n) is 14.7. The first-order valence-corrected chi connectivity index (χ1v) is 8.47. The average molecular weight is 352 g/mol. The lowest BCUT2D eigenvalue weighted by atomic mass is 9.99. The van der Waals surface area contributed by atoms with Gasteiger partial charge in [0.15, 0.2) is 0 Å². The van der Waals surface area contributed by atoms with Crippen LogP contribution in [0.3, 0.4) is 0 Å². The highest BCUT2D eigenvalue weighted by Crippen LogP contribution is 2.31. The van der Waals surface area contributed by atoms with E-state index >= 15 is 0 Å². The van der Waals surface area contributed by atoms with Crippen molar-refractivity contribution in [3.63, 3.8) is 0 Å². The molecule has 3 rings (SSSR count). The third-order valence-corrected chi connectivity index (χ3v) is 4.41. The standard InChI is InChI=1S/C20H20N2O4/c1-3-14(2)15-6-8-16(9-7-15)25-13-26-19-11-10-18(22(23)24)17-5-4-12-21-20(17)19/h4-12,14H,3,13H2,1-2H3. The van der Waals surface area contributed by atoms with Gasteiger partial charge in [-0.25, -0.2) is 0 Å². The lowest BCUT2D eigenvalue weighted by Crippen LogP contribution is -2.06. The highest BCUT2D eigenvalue weighted by atomic mass is 16.7. The molecule has 0 N–H and O–H groups in total. The molecule has 0 amide bonds. The summed E-state index contributed by atoms with van der Waals surface area (Å²) in [6.45, 7) is 4.34. The number of aromatic nitrogens is 1. The van der Waals surface area contributed by atoms with Crippen LogP contribution in [-0.4, -0.2) is 16.7 Å².